The van der Waals surface area contributed by atoms with Crippen molar-refractivity contribution in [2.24, 2.45) is 11.8 Å². The molecule has 41 heavy (non-hydrogen) atoms. The minimum absolute atomic E-state index is 0.389. The van der Waals surface area contributed by atoms with E-state index in [1.54, 1.807) is 6.07 Å². The minimum atomic E-state index is -3.18. The number of ether oxygens (including phenoxy) is 2. The van der Waals surface area contributed by atoms with Crippen molar-refractivity contribution in [1.82, 2.24) is 4.98 Å². The molecule has 1 fully saturated rings. The Kier molecular flexibility index (Phi) is 12.8. The number of nitrogens with zero attached hydrogens (tertiary/aromatic N) is 1. The van der Waals surface area contributed by atoms with Gasteiger partial charge >= 0.3 is 0 Å². The van der Waals surface area contributed by atoms with Crippen LogP contribution in [0.2, 0.25) is 0 Å². The Morgan fingerprint density at radius 1 is 0.805 bits per heavy atom. The summed E-state index contributed by atoms with van der Waals surface area (Å²) in [4.78, 5) is 3.99. The van der Waals surface area contributed by atoms with Crippen LogP contribution < -0.4 is 4.74 Å². The van der Waals surface area contributed by atoms with Crippen LogP contribution in [0.1, 0.15) is 121 Å². The van der Waals surface area contributed by atoms with Gasteiger partial charge in [-0.05, 0) is 80.3 Å². The lowest BCUT2D eigenvalue weighted by Crippen LogP contribution is -2.33. The molecule has 1 saturated carbocycles. The molecule has 3 nitrogen and oxygen atoms in total. The zero-order chi connectivity index (χ0) is 28.9. The lowest BCUT2D eigenvalue weighted by atomic mass is 9.78. The van der Waals surface area contributed by atoms with Crippen LogP contribution in [0, 0.1) is 17.8 Å². The highest BCUT2D eigenvalue weighted by molar-refractivity contribution is 5.62. The fourth-order valence-electron chi connectivity index (χ4n) is 5.98. The second kappa shape index (κ2) is 16.5. The molecule has 6 heteroatoms. The largest absolute Gasteiger partial charge is 0.494 e. The Labute approximate surface area is 245 Å². The van der Waals surface area contributed by atoms with E-state index in [0.717, 1.165) is 69.8 Å². The van der Waals surface area contributed by atoms with E-state index in [9.17, 15) is 0 Å². The molecule has 2 aliphatic carbocycles. The standard InChI is InChI=1S/C35H50F3NO2/c1-2-3-23-40-24-11-12-25-41-31-21-18-28(19-22-31)32-26-29-17-20-30(35(37,38)33(29)34(36)39-32)14-10-8-6-4-5-7-9-13-27-15-16-27/h18-19,21-22,26-27,30H,2-17,20,23-25H2,1H3. The lowest BCUT2D eigenvalue weighted by molar-refractivity contribution is -0.0824. The van der Waals surface area contributed by atoms with Gasteiger partial charge in [-0.25, -0.2) is 13.8 Å². The van der Waals surface area contributed by atoms with Gasteiger partial charge in [0.15, 0.2) is 0 Å². The number of benzene rings is 1. The average Bonchev–Trinajstić information content (AvgIpc) is 3.79. The van der Waals surface area contributed by atoms with Crippen molar-refractivity contribution in [1.29, 1.82) is 0 Å². The van der Waals surface area contributed by atoms with Gasteiger partial charge in [0.2, 0.25) is 5.95 Å². The number of aryl methyl sites for hydroxylation is 1. The first-order valence-electron chi connectivity index (χ1n) is 16.4. The SMILES string of the molecule is CCCCOCCCCOc1ccc(-c2cc3c(c(F)n2)C(F)(F)C(CCCCCCCCCC2CC2)CC3)cc1. The molecule has 0 spiro atoms. The van der Waals surface area contributed by atoms with Crippen LogP contribution in [0.3, 0.4) is 0 Å². The maximum absolute atomic E-state index is 15.4. The first kappa shape index (κ1) is 31.8. The quantitative estimate of drug-likeness (QED) is 0.117. The van der Waals surface area contributed by atoms with Crippen LogP contribution in [0.4, 0.5) is 13.2 Å². The van der Waals surface area contributed by atoms with E-state index in [1.165, 1.54) is 44.9 Å². The molecular weight excluding hydrogens is 523 g/mol. The van der Waals surface area contributed by atoms with Gasteiger partial charge in [-0.2, -0.15) is 4.39 Å². The lowest BCUT2D eigenvalue weighted by Gasteiger charge is -2.33. The fourth-order valence-corrected chi connectivity index (χ4v) is 5.98. The summed E-state index contributed by atoms with van der Waals surface area (Å²) < 4.78 is 57.4. The number of rotatable bonds is 20. The van der Waals surface area contributed by atoms with Gasteiger partial charge < -0.3 is 9.47 Å². The summed E-state index contributed by atoms with van der Waals surface area (Å²) in [6, 6.07) is 8.93. The highest BCUT2D eigenvalue weighted by Gasteiger charge is 2.47. The molecule has 0 radical (unpaired) electrons. The summed E-state index contributed by atoms with van der Waals surface area (Å²) in [6.45, 7) is 4.31. The molecule has 1 aromatic carbocycles. The van der Waals surface area contributed by atoms with E-state index in [1.807, 2.05) is 24.3 Å². The third kappa shape index (κ3) is 10.0. The Balaban J connectivity index is 1.21. The second-order valence-corrected chi connectivity index (χ2v) is 12.2. The van der Waals surface area contributed by atoms with Gasteiger partial charge in [-0.15, -0.1) is 0 Å². The molecule has 0 saturated heterocycles. The molecule has 2 aromatic rings. The number of pyridine rings is 1. The van der Waals surface area contributed by atoms with E-state index in [0.29, 0.717) is 42.7 Å². The maximum atomic E-state index is 15.4. The van der Waals surface area contributed by atoms with Crippen molar-refractivity contribution in [3.05, 3.63) is 47.4 Å². The predicted octanol–water partition coefficient (Wildman–Crippen LogP) is 10.4. The smallest absolute Gasteiger partial charge is 0.280 e. The highest BCUT2D eigenvalue weighted by atomic mass is 19.3. The van der Waals surface area contributed by atoms with Crippen LogP contribution in [0.15, 0.2) is 30.3 Å². The number of alkyl halides is 2. The van der Waals surface area contributed by atoms with Crippen molar-refractivity contribution < 1.29 is 22.6 Å². The van der Waals surface area contributed by atoms with Crippen LogP contribution in [-0.2, 0) is 17.1 Å². The van der Waals surface area contributed by atoms with E-state index < -0.39 is 23.4 Å². The molecule has 1 heterocycles. The molecule has 0 bridgehead atoms. The Morgan fingerprint density at radius 3 is 2.17 bits per heavy atom. The third-order valence-corrected chi connectivity index (χ3v) is 8.77. The summed E-state index contributed by atoms with van der Waals surface area (Å²) in [6.07, 6.45) is 17.6. The summed E-state index contributed by atoms with van der Waals surface area (Å²) in [7, 11) is 0. The van der Waals surface area contributed by atoms with Crippen LogP contribution >= 0.6 is 0 Å². The first-order chi connectivity index (χ1) is 20.0. The maximum Gasteiger partial charge on any atom is 0.280 e. The van der Waals surface area contributed by atoms with E-state index in [4.69, 9.17) is 9.47 Å². The fraction of sp³-hybridized carbons (Fsp3) is 0.686. The molecule has 0 N–H and O–H groups in total. The predicted molar refractivity (Wildman–Crippen MR) is 160 cm³/mol. The molecule has 2 aliphatic rings. The monoisotopic (exact) mass is 573 g/mol. The topological polar surface area (TPSA) is 31.4 Å². The van der Waals surface area contributed by atoms with Crippen LogP contribution in [-0.4, -0.2) is 24.8 Å². The van der Waals surface area contributed by atoms with Crippen LogP contribution in [0.25, 0.3) is 11.3 Å². The Morgan fingerprint density at radius 2 is 1.46 bits per heavy atom. The summed E-state index contributed by atoms with van der Waals surface area (Å²) >= 11 is 0. The molecular formula is C35H50F3NO2. The van der Waals surface area contributed by atoms with Gasteiger partial charge in [-0.3, -0.25) is 0 Å². The number of unbranched alkanes of at least 4 members (excludes halogenated alkanes) is 8. The van der Waals surface area contributed by atoms with Gasteiger partial charge in [0, 0.05) is 24.7 Å². The Bertz CT molecular complexity index is 1040. The summed E-state index contributed by atoms with van der Waals surface area (Å²) in [5.74, 6) is -3.28. The number of fused-ring (bicyclic) bond motifs is 1. The van der Waals surface area contributed by atoms with Crippen molar-refractivity contribution in [2.75, 3.05) is 19.8 Å². The first-order valence-corrected chi connectivity index (χ1v) is 16.4. The molecule has 228 valence electrons. The van der Waals surface area contributed by atoms with Gasteiger partial charge in [0.05, 0.1) is 17.9 Å². The second-order valence-electron chi connectivity index (χ2n) is 12.2. The van der Waals surface area contributed by atoms with Gasteiger partial charge in [-0.1, -0.05) is 77.6 Å². The van der Waals surface area contributed by atoms with Gasteiger partial charge in [0.1, 0.15) is 5.75 Å². The zero-order valence-corrected chi connectivity index (χ0v) is 25.1. The summed E-state index contributed by atoms with van der Waals surface area (Å²) in [5.41, 5.74) is 0.998. The molecule has 1 atom stereocenters. The number of halogens is 3. The third-order valence-electron chi connectivity index (χ3n) is 8.77. The van der Waals surface area contributed by atoms with Crippen molar-refractivity contribution >= 4 is 0 Å². The number of hydrogen-bond donors (Lipinski definition) is 0. The minimum Gasteiger partial charge on any atom is -0.494 e. The van der Waals surface area contributed by atoms with E-state index in [2.05, 4.69) is 11.9 Å². The molecule has 1 aromatic heterocycles. The Hall–Kier alpha value is -2.08. The number of hydrogen-bond acceptors (Lipinski definition) is 3. The summed E-state index contributed by atoms with van der Waals surface area (Å²) in [5, 5.41) is 0. The molecule has 0 aliphatic heterocycles. The van der Waals surface area contributed by atoms with Crippen molar-refractivity contribution in [3.8, 4) is 17.0 Å². The van der Waals surface area contributed by atoms with Crippen molar-refractivity contribution in [2.45, 2.75) is 122 Å². The van der Waals surface area contributed by atoms with E-state index in [-0.39, 0.29) is 0 Å². The van der Waals surface area contributed by atoms with Crippen LogP contribution in [0.5, 0.6) is 5.75 Å². The average molecular weight is 574 g/mol. The van der Waals surface area contributed by atoms with Crippen molar-refractivity contribution in [3.63, 3.8) is 0 Å². The molecule has 0 amide bonds. The van der Waals surface area contributed by atoms with E-state index >= 15 is 13.2 Å². The van der Waals surface area contributed by atoms with Gasteiger partial charge in [0.25, 0.3) is 5.92 Å². The normalized spacial score (nSPS) is 17.9. The highest BCUT2D eigenvalue weighted by Crippen LogP contribution is 2.48. The number of aromatic nitrogens is 1. The molecule has 1 unspecified atom stereocenters. The molecule has 4 rings (SSSR count). The zero-order valence-electron chi connectivity index (χ0n) is 25.1.